The van der Waals surface area contributed by atoms with Crippen LogP contribution in [-0.2, 0) is 0 Å². The molecule has 3 rings (SSSR count). The highest BCUT2D eigenvalue weighted by Crippen LogP contribution is 2.26. The van der Waals surface area contributed by atoms with Crippen molar-refractivity contribution in [2.45, 2.75) is 20.8 Å². The van der Waals surface area contributed by atoms with Crippen LogP contribution in [-0.4, -0.2) is 0 Å². The van der Waals surface area contributed by atoms with Crippen molar-refractivity contribution in [1.29, 1.82) is 0 Å². The Morgan fingerprint density at radius 3 is 1.57 bits per heavy atom. The van der Waals surface area contributed by atoms with E-state index in [0.29, 0.717) is 0 Å². The lowest BCUT2D eigenvalue weighted by Crippen LogP contribution is -1.82. The van der Waals surface area contributed by atoms with E-state index in [1.165, 1.54) is 27.8 Å². The van der Waals surface area contributed by atoms with Crippen molar-refractivity contribution in [2.24, 2.45) is 0 Å². The van der Waals surface area contributed by atoms with E-state index in [1.807, 2.05) is 32.1 Å². The van der Waals surface area contributed by atoms with Crippen molar-refractivity contribution < 1.29 is 0 Å². The number of benzene rings is 3. The average molecular weight is 300 g/mol. The molecule has 0 aliphatic heterocycles. The van der Waals surface area contributed by atoms with Crippen molar-refractivity contribution >= 4 is 0 Å². The van der Waals surface area contributed by atoms with E-state index in [0.717, 1.165) is 0 Å². The van der Waals surface area contributed by atoms with Crippen LogP contribution < -0.4 is 0 Å². The van der Waals surface area contributed by atoms with E-state index in [9.17, 15) is 0 Å². The largest absolute Gasteiger partial charge is 0.0919 e. The first kappa shape index (κ1) is 16.8. The molecule has 0 radical (unpaired) electrons. The summed E-state index contributed by atoms with van der Waals surface area (Å²) in [6.45, 7) is 6.13. The van der Waals surface area contributed by atoms with E-state index in [4.69, 9.17) is 0 Å². The molecule has 0 heterocycles. The van der Waals surface area contributed by atoms with Gasteiger partial charge in [-0.25, -0.2) is 0 Å². The highest BCUT2D eigenvalue weighted by atomic mass is 14.1. The van der Waals surface area contributed by atoms with Gasteiger partial charge in [0.1, 0.15) is 0 Å². The number of hydrogen-bond acceptors (Lipinski definition) is 0. The molecular weight excluding hydrogens is 276 g/mol. The van der Waals surface area contributed by atoms with Gasteiger partial charge in [0.15, 0.2) is 0 Å². The molecule has 0 spiro atoms. The lowest BCUT2D eigenvalue weighted by Gasteiger charge is -2.06. The summed E-state index contributed by atoms with van der Waals surface area (Å²) in [6, 6.07) is 27.8. The molecule has 0 aliphatic carbocycles. The highest BCUT2D eigenvalue weighted by molar-refractivity contribution is 5.73. The monoisotopic (exact) mass is 300 g/mol. The molecule has 0 heteroatoms. The van der Waals surface area contributed by atoms with Crippen LogP contribution in [0.15, 0.2) is 91.0 Å². The standard InChI is InChI=1S/C19H16.C4H8/c1-15-7-5-10-17(13-15)19-12-6-11-18(14-19)16-8-3-2-4-9-16;1-3-4-2/h2-14H,1H3;3-4H,1-2H3/b;4-3-. The molecule has 0 unspecified atom stereocenters. The molecule has 3 aromatic rings. The fourth-order valence-electron chi connectivity index (χ4n) is 2.33. The molecule has 0 saturated heterocycles. The van der Waals surface area contributed by atoms with Crippen LogP contribution in [0.4, 0.5) is 0 Å². The molecule has 116 valence electrons. The van der Waals surface area contributed by atoms with Crippen molar-refractivity contribution in [2.75, 3.05) is 0 Å². The first-order valence-corrected chi connectivity index (χ1v) is 8.04. The zero-order chi connectivity index (χ0) is 16.5. The van der Waals surface area contributed by atoms with E-state index in [2.05, 4.69) is 79.7 Å². The molecule has 0 amide bonds. The highest BCUT2D eigenvalue weighted by Gasteiger charge is 2.01. The summed E-state index contributed by atoms with van der Waals surface area (Å²) in [5.41, 5.74) is 6.36. The summed E-state index contributed by atoms with van der Waals surface area (Å²) in [7, 11) is 0. The third kappa shape index (κ3) is 4.96. The number of rotatable bonds is 2. The molecule has 0 bridgehead atoms. The van der Waals surface area contributed by atoms with Gasteiger partial charge in [-0.15, -0.1) is 0 Å². The molecule has 3 aromatic carbocycles. The van der Waals surface area contributed by atoms with Gasteiger partial charge in [0.25, 0.3) is 0 Å². The third-order valence-corrected chi connectivity index (χ3v) is 3.65. The molecular formula is C23H24. The van der Waals surface area contributed by atoms with Gasteiger partial charge < -0.3 is 0 Å². The number of allylic oxidation sites excluding steroid dienone is 2. The van der Waals surface area contributed by atoms with E-state index in [-0.39, 0.29) is 0 Å². The van der Waals surface area contributed by atoms with Crippen LogP contribution in [0, 0.1) is 6.92 Å². The molecule has 0 saturated carbocycles. The Morgan fingerprint density at radius 1 is 0.522 bits per heavy atom. The first-order valence-electron chi connectivity index (χ1n) is 8.04. The molecule has 23 heavy (non-hydrogen) atoms. The Bertz CT molecular complexity index is 748. The summed E-state index contributed by atoms with van der Waals surface area (Å²) >= 11 is 0. The van der Waals surface area contributed by atoms with E-state index < -0.39 is 0 Å². The lowest BCUT2D eigenvalue weighted by atomic mass is 9.98. The Hall–Kier alpha value is -2.60. The van der Waals surface area contributed by atoms with Gasteiger partial charge in [-0.3, -0.25) is 0 Å². The van der Waals surface area contributed by atoms with Gasteiger partial charge in [0.05, 0.1) is 0 Å². The van der Waals surface area contributed by atoms with Crippen LogP contribution in [0.1, 0.15) is 19.4 Å². The molecule has 0 atom stereocenters. The smallest absolute Gasteiger partial charge is 0.0178 e. The van der Waals surface area contributed by atoms with Crippen LogP contribution in [0.25, 0.3) is 22.3 Å². The first-order chi connectivity index (χ1) is 11.2. The van der Waals surface area contributed by atoms with Gasteiger partial charge in [0, 0.05) is 0 Å². The maximum atomic E-state index is 2.25. The average Bonchev–Trinajstić information content (AvgIpc) is 2.63. The minimum atomic E-state index is 1.26. The van der Waals surface area contributed by atoms with Crippen LogP contribution >= 0.6 is 0 Å². The van der Waals surface area contributed by atoms with Crippen molar-refractivity contribution in [3.05, 3.63) is 96.6 Å². The molecule has 0 fully saturated rings. The zero-order valence-corrected chi connectivity index (χ0v) is 14.2. The Labute approximate surface area is 140 Å². The van der Waals surface area contributed by atoms with Gasteiger partial charge in [0.2, 0.25) is 0 Å². The fourth-order valence-corrected chi connectivity index (χ4v) is 2.33. The fraction of sp³-hybridized carbons (Fsp3) is 0.130. The second kappa shape index (κ2) is 8.75. The quantitative estimate of drug-likeness (QED) is 0.451. The Balaban J connectivity index is 0.000000433. The SMILES string of the molecule is C/C=C\C.Cc1cccc(-c2cccc(-c3ccccc3)c2)c1. The van der Waals surface area contributed by atoms with Gasteiger partial charge in [-0.05, 0) is 49.1 Å². The Kier molecular flexibility index (Phi) is 6.38. The van der Waals surface area contributed by atoms with Crippen molar-refractivity contribution in [3.63, 3.8) is 0 Å². The van der Waals surface area contributed by atoms with Gasteiger partial charge in [-0.2, -0.15) is 0 Å². The minimum Gasteiger partial charge on any atom is -0.0919 e. The minimum absolute atomic E-state index is 1.26. The topological polar surface area (TPSA) is 0 Å². The second-order valence-corrected chi connectivity index (χ2v) is 5.48. The predicted octanol–water partition coefficient (Wildman–Crippen LogP) is 6.91. The van der Waals surface area contributed by atoms with Crippen molar-refractivity contribution in [1.82, 2.24) is 0 Å². The molecule has 0 nitrogen and oxygen atoms in total. The zero-order valence-electron chi connectivity index (χ0n) is 14.2. The lowest BCUT2D eigenvalue weighted by molar-refractivity contribution is 1.47. The summed E-state index contributed by atoms with van der Waals surface area (Å²) in [4.78, 5) is 0. The maximum absolute atomic E-state index is 2.25. The van der Waals surface area contributed by atoms with E-state index >= 15 is 0 Å². The van der Waals surface area contributed by atoms with Crippen LogP contribution in [0.3, 0.4) is 0 Å². The van der Waals surface area contributed by atoms with Crippen LogP contribution in [0.2, 0.25) is 0 Å². The molecule has 0 N–H and O–H groups in total. The van der Waals surface area contributed by atoms with Crippen molar-refractivity contribution in [3.8, 4) is 22.3 Å². The summed E-state index contributed by atoms with van der Waals surface area (Å²) in [6.07, 6.45) is 4.00. The van der Waals surface area contributed by atoms with E-state index in [1.54, 1.807) is 0 Å². The van der Waals surface area contributed by atoms with Crippen LogP contribution in [0.5, 0.6) is 0 Å². The Morgan fingerprint density at radius 2 is 1.00 bits per heavy atom. The number of aryl methyl sites for hydroxylation is 1. The van der Waals surface area contributed by atoms with Gasteiger partial charge >= 0.3 is 0 Å². The maximum Gasteiger partial charge on any atom is -0.0178 e. The summed E-state index contributed by atoms with van der Waals surface area (Å²) < 4.78 is 0. The third-order valence-electron chi connectivity index (χ3n) is 3.65. The molecule has 0 aromatic heterocycles. The second-order valence-electron chi connectivity index (χ2n) is 5.48. The normalized spacial score (nSPS) is 10.2. The molecule has 0 aliphatic rings. The van der Waals surface area contributed by atoms with Gasteiger partial charge in [-0.1, -0.05) is 90.5 Å². The predicted molar refractivity (Wildman–Crippen MR) is 103 cm³/mol. The number of hydrogen-bond donors (Lipinski definition) is 0. The summed E-state index contributed by atoms with van der Waals surface area (Å²) in [5, 5.41) is 0. The summed E-state index contributed by atoms with van der Waals surface area (Å²) in [5.74, 6) is 0.